The predicted molar refractivity (Wildman–Crippen MR) is 70.3 cm³/mol. The van der Waals surface area contributed by atoms with Crippen molar-refractivity contribution >= 4 is 17.5 Å². The molecular weight excluding hydrogens is 247 g/mol. The molecular formula is C14H13FN2O2. The van der Waals surface area contributed by atoms with E-state index in [0.717, 1.165) is 5.69 Å². The molecule has 0 atom stereocenters. The number of benzene rings is 1. The number of carbonyl (C=O) groups is 1. The smallest absolute Gasteiger partial charge is 0.354 e. The molecule has 0 spiro atoms. The number of carboxylic acids is 1. The van der Waals surface area contributed by atoms with Crippen LogP contribution in [0.25, 0.3) is 0 Å². The fraction of sp³-hybridized carbons (Fsp3) is 0.143. The van der Waals surface area contributed by atoms with Gasteiger partial charge in [-0.1, -0.05) is 6.07 Å². The van der Waals surface area contributed by atoms with E-state index in [4.69, 9.17) is 5.11 Å². The molecule has 0 radical (unpaired) electrons. The van der Waals surface area contributed by atoms with E-state index in [0.29, 0.717) is 12.4 Å². The summed E-state index contributed by atoms with van der Waals surface area (Å²) in [5.74, 6) is -0.863. The number of nitrogens with zero attached hydrogens (tertiary/aromatic N) is 2. The Kier molecular flexibility index (Phi) is 3.75. The van der Waals surface area contributed by atoms with E-state index in [-0.39, 0.29) is 11.5 Å². The summed E-state index contributed by atoms with van der Waals surface area (Å²) >= 11 is 0. The third-order valence-electron chi connectivity index (χ3n) is 2.68. The molecule has 2 aromatic rings. The minimum atomic E-state index is -1.07. The number of carboxylic acid groups (broad SMARTS) is 1. The topological polar surface area (TPSA) is 53.4 Å². The number of aromatic carboxylic acids is 1. The molecule has 0 aliphatic carbocycles. The standard InChI is InChI=1S/C14H13FN2O2/c1-2-17(11-8-6-10(15)7-9-11)13-5-3-4-12(16-13)14(18)19/h3-9H,2H2,1H3,(H,18,19). The van der Waals surface area contributed by atoms with Gasteiger partial charge in [0.1, 0.15) is 11.6 Å². The Hall–Kier alpha value is -2.43. The summed E-state index contributed by atoms with van der Waals surface area (Å²) in [4.78, 5) is 16.8. The molecule has 0 fully saturated rings. The van der Waals surface area contributed by atoms with E-state index in [9.17, 15) is 9.18 Å². The first-order valence-electron chi connectivity index (χ1n) is 5.85. The quantitative estimate of drug-likeness (QED) is 0.917. The second-order valence-corrected chi connectivity index (χ2v) is 3.91. The number of hydrogen-bond donors (Lipinski definition) is 1. The zero-order chi connectivity index (χ0) is 13.8. The summed E-state index contributed by atoms with van der Waals surface area (Å²) in [6.45, 7) is 2.51. The molecule has 0 saturated carbocycles. The van der Waals surface area contributed by atoms with Crippen molar-refractivity contribution in [3.05, 3.63) is 54.0 Å². The zero-order valence-electron chi connectivity index (χ0n) is 10.4. The molecule has 1 N–H and O–H groups in total. The van der Waals surface area contributed by atoms with Crippen molar-refractivity contribution in [2.45, 2.75) is 6.92 Å². The van der Waals surface area contributed by atoms with E-state index in [2.05, 4.69) is 4.98 Å². The molecule has 98 valence electrons. The molecule has 2 rings (SSSR count). The zero-order valence-corrected chi connectivity index (χ0v) is 10.4. The predicted octanol–water partition coefficient (Wildman–Crippen LogP) is 3.08. The fourth-order valence-corrected chi connectivity index (χ4v) is 1.79. The van der Waals surface area contributed by atoms with Crippen LogP contribution in [0.4, 0.5) is 15.9 Å². The van der Waals surface area contributed by atoms with Crippen LogP contribution in [0.2, 0.25) is 0 Å². The van der Waals surface area contributed by atoms with Crippen LogP contribution in [-0.4, -0.2) is 22.6 Å². The van der Waals surface area contributed by atoms with Crippen LogP contribution in [0.15, 0.2) is 42.5 Å². The lowest BCUT2D eigenvalue weighted by molar-refractivity contribution is 0.0690. The van der Waals surface area contributed by atoms with Gasteiger partial charge in [-0.3, -0.25) is 0 Å². The average molecular weight is 260 g/mol. The van der Waals surface area contributed by atoms with E-state index in [1.54, 1.807) is 24.3 Å². The van der Waals surface area contributed by atoms with Crippen molar-refractivity contribution in [3.8, 4) is 0 Å². The first-order chi connectivity index (χ1) is 9.11. The molecule has 4 nitrogen and oxygen atoms in total. The second kappa shape index (κ2) is 5.48. The van der Waals surface area contributed by atoms with Gasteiger partial charge in [0, 0.05) is 12.2 Å². The van der Waals surface area contributed by atoms with Crippen LogP contribution < -0.4 is 4.90 Å². The van der Waals surface area contributed by atoms with Crippen molar-refractivity contribution in [2.24, 2.45) is 0 Å². The highest BCUT2D eigenvalue weighted by Gasteiger charge is 2.11. The van der Waals surface area contributed by atoms with Crippen molar-refractivity contribution in [2.75, 3.05) is 11.4 Å². The summed E-state index contributed by atoms with van der Waals surface area (Å²) in [7, 11) is 0. The van der Waals surface area contributed by atoms with Crippen LogP contribution in [-0.2, 0) is 0 Å². The maximum atomic E-state index is 12.9. The van der Waals surface area contributed by atoms with E-state index in [1.807, 2.05) is 11.8 Å². The van der Waals surface area contributed by atoms with Crippen molar-refractivity contribution < 1.29 is 14.3 Å². The highest BCUT2D eigenvalue weighted by molar-refractivity contribution is 5.86. The van der Waals surface area contributed by atoms with Gasteiger partial charge in [0.25, 0.3) is 0 Å². The molecule has 0 bridgehead atoms. The molecule has 0 unspecified atom stereocenters. The number of aromatic nitrogens is 1. The van der Waals surface area contributed by atoms with Crippen LogP contribution >= 0.6 is 0 Å². The van der Waals surface area contributed by atoms with Crippen LogP contribution in [0.5, 0.6) is 0 Å². The first-order valence-corrected chi connectivity index (χ1v) is 5.85. The highest BCUT2D eigenvalue weighted by atomic mass is 19.1. The summed E-state index contributed by atoms with van der Waals surface area (Å²) in [5, 5.41) is 8.94. The third-order valence-corrected chi connectivity index (χ3v) is 2.68. The molecule has 19 heavy (non-hydrogen) atoms. The SMILES string of the molecule is CCN(c1ccc(F)cc1)c1cccc(C(=O)O)n1. The number of anilines is 2. The molecule has 1 aromatic heterocycles. The van der Waals surface area contributed by atoms with E-state index in [1.165, 1.54) is 18.2 Å². The van der Waals surface area contributed by atoms with E-state index >= 15 is 0 Å². The normalized spacial score (nSPS) is 10.2. The minimum Gasteiger partial charge on any atom is -0.477 e. The molecule has 0 aliphatic heterocycles. The Balaban J connectivity index is 2.39. The van der Waals surface area contributed by atoms with Gasteiger partial charge in [-0.05, 0) is 43.3 Å². The van der Waals surface area contributed by atoms with Gasteiger partial charge < -0.3 is 10.0 Å². The maximum Gasteiger partial charge on any atom is 0.354 e. The molecule has 0 saturated heterocycles. The van der Waals surface area contributed by atoms with Crippen LogP contribution in [0.1, 0.15) is 17.4 Å². The van der Waals surface area contributed by atoms with Crippen LogP contribution in [0.3, 0.4) is 0 Å². The van der Waals surface area contributed by atoms with Gasteiger partial charge in [0.2, 0.25) is 0 Å². The molecule has 0 aliphatic rings. The third kappa shape index (κ3) is 2.88. The maximum absolute atomic E-state index is 12.9. The van der Waals surface area contributed by atoms with Gasteiger partial charge >= 0.3 is 5.97 Å². The fourth-order valence-electron chi connectivity index (χ4n) is 1.79. The van der Waals surface area contributed by atoms with Gasteiger partial charge in [-0.15, -0.1) is 0 Å². The Morgan fingerprint density at radius 2 is 1.95 bits per heavy atom. The van der Waals surface area contributed by atoms with Gasteiger partial charge in [0.05, 0.1) is 0 Å². The monoisotopic (exact) mass is 260 g/mol. The molecule has 1 heterocycles. The number of pyridine rings is 1. The second-order valence-electron chi connectivity index (χ2n) is 3.91. The Morgan fingerprint density at radius 1 is 1.26 bits per heavy atom. The minimum absolute atomic E-state index is 0.0157. The number of halogens is 1. The van der Waals surface area contributed by atoms with Crippen molar-refractivity contribution in [1.82, 2.24) is 4.98 Å². The Labute approximate surface area is 110 Å². The largest absolute Gasteiger partial charge is 0.477 e. The Morgan fingerprint density at radius 3 is 2.53 bits per heavy atom. The lowest BCUT2D eigenvalue weighted by atomic mass is 10.2. The lowest BCUT2D eigenvalue weighted by Crippen LogP contribution is -2.18. The average Bonchev–Trinajstić information content (AvgIpc) is 2.42. The lowest BCUT2D eigenvalue weighted by Gasteiger charge is -2.22. The van der Waals surface area contributed by atoms with Crippen LogP contribution in [0, 0.1) is 5.82 Å². The first kappa shape index (κ1) is 13.0. The molecule has 1 aromatic carbocycles. The summed E-state index contributed by atoms with van der Waals surface area (Å²) < 4.78 is 12.9. The highest BCUT2D eigenvalue weighted by Crippen LogP contribution is 2.23. The van der Waals surface area contributed by atoms with E-state index < -0.39 is 5.97 Å². The van der Waals surface area contributed by atoms with Gasteiger partial charge in [0.15, 0.2) is 5.69 Å². The summed E-state index contributed by atoms with van der Waals surface area (Å²) in [6.07, 6.45) is 0. The Bertz CT molecular complexity index is 584. The molecule has 5 heteroatoms. The van der Waals surface area contributed by atoms with Crippen molar-refractivity contribution in [1.29, 1.82) is 0 Å². The number of hydrogen-bond acceptors (Lipinski definition) is 3. The number of rotatable bonds is 4. The molecule has 0 amide bonds. The summed E-state index contributed by atoms with van der Waals surface area (Å²) in [5.41, 5.74) is 0.747. The summed E-state index contributed by atoms with van der Waals surface area (Å²) in [6, 6.07) is 10.8. The van der Waals surface area contributed by atoms with Gasteiger partial charge in [-0.25, -0.2) is 14.2 Å². The van der Waals surface area contributed by atoms with Gasteiger partial charge in [-0.2, -0.15) is 0 Å². The van der Waals surface area contributed by atoms with Crippen molar-refractivity contribution in [3.63, 3.8) is 0 Å².